The van der Waals surface area contributed by atoms with E-state index in [1.54, 1.807) is 23.1 Å². The standard InChI is InChI=1S/C10H11N3O2/c11-7-2-1-3-8(4-7)13-5-9(14)12-10(15)6-13/h1-4H,5-6,11H2,(H,12,14,15). The molecule has 0 aromatic heterocycles. The Kier molecular flexibility index (Phi) is 2.29. The molecule has 78 valence electrons. The molecule has 5 heteroatoms. The van der Waals surface area contributed by atoms with Crippen LogP contribution in [0.15, 0.2) is 24.3 Å². The van der Waals surface area contributed by atoms with Gasteiger partial charge < -0.3 is 10.6 Å². The number of carbonyl (C=O) groups excluding carboxylic acids is 2. The molecule has 0 atom stereocenters. The molecule has 0 radical (unpaired) electrons. The zero-order valence-electron chi connectivity index (χ0n) is 8.06. The number of amides is 2. The molecule has 1 saturated heterocycles. The monoisotopic (exact) mass is 205 g/mol. The third kappa shape index (κ3) is 2.07. The minimum absolute atomic E-state index is 0.190. The summed E-state index contributed by atoms with van der Waals surface area (Å²) in [4.78, 5) is 24.0. The molecular formula is C10H11N3O2. The number of imide groups is 1. The van der Waals surface area contributed by atoms with Crippen LogP contribution in [-0.2, 0) is 9.59 Å². The fourth-order valence-corrected chi connectivity index (χ4v) is 1.54. The summed E-state index contributed by atoms with van der Waals surface area (Å²) in [6.45, 7) is 0.379. The van der Waals surface area contributed by atoms with E-state index >= 15 is 0 Å². The first-order chi connectivity index (χ1) is 7.15. The van der Waals surface area contributed by atoms with Gasteiger partial charge in [-0.25, -0.2) is 0 Å². The van der Waals surface area contributed by atoms with Crippen LogP contribution in [0.4, 0.5) is 11.4 Å². The summed E-state index contributed by atoms with van der Waals surface area (Å²) < 4.78 is 0. The zero-order valence-corrected chi connectivity index (χ0v) is 8.06. The van der Waals surface area contributed by atoms with Gasteiger partial charge >= 0.3 is 0 Å². The third-order valence-corrected chi connectivity index (χ3v) is 2.18. The number of hydrogen-bond acceptors (Lipinski definition) is 4. The minimum atomic E-state index is -0.284. The number of carbonyl (C=O) groups is 2. The van der Waals surface area contributed by atoms with Gasteiger partial charge in [0.25, 0.3) is 0 Å². The van der Waals surface area contributed by atoms with Crippen molar-refractivity contribution in [3.05, 3.63) is 24.3 Å². The molecule has 3 N–H and O–H groups in total. The maximum Gasteiger partial charge on any atom is 0.246 e. The smallest absolute Gasteiger partial charge is 0.246 e. The second kappa shape index (κ2) is 3.61. The van der Waals surface area contributed by atoms with Crippen LogP contribution < -0.4 is 16.0 Å². The van der Waals surface area contributed by atoms with Crippen molar-refractivity contribution in [1.29, 1.82) is 0 Å². The Morgan fingerprint density at radius 1 is 1.20 bits per heavy atom. The predicted octanol–water partition coefficient (Wildman–Crippen LogP) is -0.268. The molecule has 0 bridgehead atoms. The highest BCUT2D eigenvalue weighted by Crippen LogP contribution is 2.17. The van der Waals surface area contributed by atoms with E-state index in [4.69, 9.17) is 5.73 Å². The van der Waals surface area contributed by atoms with Gasteiger partial charge in [0.15, 0.2) is 0 Å². The van der Waals surface area contributed by atoms with Crippen LogP contribution in [0.5, 0.6) is 0 Å². The third-order valence-electron chi connectivity index (χ3n) is 2.18. The van der Waals surface area contributed by atoms with E-state index in [0.29, 0.717) is 5.69 Å². The van der Waals surface area contributed by atoms with E-state index < -0.39 is 0 Å². The molecule has 2 rings (SSSR count). The molecule has 0 unspecified atom stereocenters. The van der Waals surface area contributed by atoms with E-state index in [-0.39, 0.29) is 24.9 Å². The molecule has 0 saturated carbocycles. The molecule has 1 aromatic rings. The maximum absolute atomic E-state index is 11.1. The number of benzene rings is 1. The van der Waals surface area contributed by atoms with Crippen LogP contribution in [0.2, 0.25) is 0 Å². The number of piperazine rings is 1. The van der Waals surface area contributed by atoms with Crippen molar-refractivity contribution < 1.29 is 9.59 Å². The van der Waals surface area contributed by atoms with Crippen molar-refractivity contribution in [2.45, 2.75) is 0 Å². The largest absolute Gasteiger partial charge is 0.399 e. The van der Waals surface area contributed by atoms with Gasteiger partial charge in [0, 0.05) is 11.4 Å². The highest BCUT2D eigenvalue weighted by atomic mass is 16.2. The molecule has 15 heavy (non-hydrogen) atoms. The van der Waals surface area contributed by atoms with Crippen molar-refractivity contribution in [3.63, 3.8) is 0 Å². The molecular weight excluding hydrogens is 194 g/mol. The lowest BCUT2D eigenvalue weighted by atomic mass is 10.2. The van der Waals surface area contributed by atoms with E-state index in [1.807, 2.05) is 6.07 Å². The lowest BCUT2D eigenvalue weighted by Gasteiger charge is -2.27. The number of anilines is 2. The number of nitrogen functional groups attached to an aromatic ring is 1. The average molecular weight is 205 g/mol. The van der Waals surface area contributed by atoms with Gasteiger partial charge in [-0.15, -0.1) is 0 Å². The van der Waals surface area contributed by atoms with Crippen molar-refractivity contribution in [3.8, 4) is 0 Å². The first kappa shape index (κ1) is 9.51. The molecule has 2 amide bonds. The molecule has 5 nitrogen and oxygen atoms in total. The van der Waals surface area contributed by atoms with Crippen LogP contribution in [0.3, 0.4) is 0 Å². The van der Waals surface area contributed by atoms with E-state index in [9.17, 15) is 9.59 Å². The SMILES string of the molecule is Nc1cccc(N2CC(=O)NC(=O)C2)c1. The average Bonchev–Trinajstić information content (AvgIpc) is 2.16. The second-order valence-electron chi connectivity index (χ2n) is 3.42. The summed E-state index contributed by atoms with van der Waals surface area (Å²) in [5, 5.41) is 2.24. The van der Waals surface area contributed by atoms with Crippen molar-refractivity contribution in [1.82, 2.24) is 5.32 Å². The molecule has 1 aliphatic heterocycles. The van der Waals surface area contributed by atoms with Gasteiger partial charge in [-0.2, -0.15) is 0 Å². The Morgan fingerprint density at radius 2 is 1.87 bits per heavy atom. The van der Waals surface area contributed by atoms with Gasteiger partial charge in [-0.1, -0.05) is 6.07 Å². The minimum Gasteiger partial charge on any atom is -0.399 e. The van der Waals surface area contributed by atoms with Gasteiger partial charge in [-0.05, 0) is 18.2 Å². The summed E-state index contributed by atoms with van der Waals surface area (Å²) in [6, 6.07) is 7.12. The summed E-state index contributed by atoms with van der Waals surface area (Å²) in [5.41, 5.74) is 7.03. The normalized spacial score (nSPS) is 16.4. The quantitative estimate of drug-likeness (QED) is 0.489. The molecule has 0 spiro atoms. The number of nitrogens with one attached hydrogen (secondary N) is 1. The Bertz CT molecular complexity index is 401. The van der Waals surface area contributed by atoms with Crippen molar-refractivity contribution >= 4 is 23.2 Å². The first-order valence-corrected chi connectivity index (χ1v) is 4.58. The van der Waals surface area contributed by atoms with Gasteiger partial charge in [0.2, 0.25) is 11.8 Å². The predicted molar refractivity (Wildman–Crippen MR) is 56.2 cm³/mol. The Labute approximate surface area is 86.9 Å². The van der Waals surface area contributed by atoms with E-state index in [1.165, 1.54) is 0 Å². The van der Waals surface area contributed by atoms with Gasteiger partial charge in [0.05, 0.1) is 13.1 Å². The van der Waals surface area contributed by atoms with Crippen LogP contribution in [-0.4, -0.2) is 24.9 Å². The summed E-state index contributed by atoms with van der Waals surface area (Å²) >= 11 is 0. The van der Waals surface area contributed by atoms with Crippen molar-refractivity contribution in [2.75, 3.05) is 23.7 Å². The Hall–Kier alpha value is -2.04. The Balaban J connectivity index is 2.23. The van der Waals surface area contributed by atoms with E-state index in [0.717, 1.165) is 5.69 Å². The molecule has 1 aromatic carbocycles. The number of hydrogen-bond donors (Lipinski definition) is 2. The number of rotatable bonds is 1. The van der Waals surface area contributed by atoms with E-state index in [2.05, 4.69) is 5.32 Å². The summed E-state index contributed by atoms with van der Waals surface area (Å²) in [6.07, 6.45) is 0. The maximum atomic E-state index is 11.1. The number of nitrogens with zero attached hydrogens (tertiary/aromatic N) is 1. The summed E-state index contributed by atoms with van der Waals surface area (Å²) in [5.74, 6) is -0.567. The molecule has 1 heterocycles. The van der Waals surface area contributed by atoms with Gasteiger partial charge in [0.1, 0.15) is 0 Å². The van der Waals surface area contributed by atoms with Crippen LogP contribution in [0.1, 0.15) is 0 Å². The van der Waals surface area contributed by atoms with Crippen molar-refractivity contribution in [2.24, 2.45) is 0 Å². The first-order valence-electron chi connectivity index (χ1n) is 4.58. The molecule has 1 fully saturated rings. The highest BCUT2D eigenvalue weighted by Gasteiger charge is 2.22. The topological polar surface area (TPSA) is 75.4 Å². The van der Waals surface area contributed by atoms with Crippen LogP contribution in [0, 0.1) is 0 Å². The number of nitrogens with two attached hydrogens (primary N) is 1. The lowest BCUT2D eigenvalue weighted by molar-refractivity contribution is -0.130. The summed E-state index contributed by atoms with van der Waals surface area (Å²) in [7, 11) is 0. The Morgan fingerprint density at radius 3 is 2.47 bits per heavy atom. The van der Waals surface area contributed by atoms with Crippen LogP contribution >= 0.6 is 0 Å². The zero-order chi connectivity index (χ0) is 10.8. The highest BCUT2D eigenvalue weighted by molar-refractivity contribution is 6.02. The lowest BCUT2D eigenvalue weighted by Crippen LogP contribution is -2.51. The fourth-order valence-electron chi connectivity index (χ4n) is 1.54. The van der Waals surface area contributed by atoms with Gasteiger partial charge in [-0.3, -0.25) is 14.9 Å². The molecule has 0 aliphatic carbocycles. The molecule has 1 aliphatic rings. The second-order valence-corrected chi connectivity index (χ2v) is 3.42. The van der Waals surface area contributed by atoms with Crippen LogP contribution in [0.25, 0.3) is 0 Å². The fraction of sp³-hybridized carbons (Fsp3) is 0.200.